The van der Waals surface area contributed by atoms with Crippen LogP contribution in [-0.2, 0) is 6.42 Å². The Labute approximate surface area is 172 Å². The van der Waals surface area contributed by atoms with E-state index < -0.39 is 0 Å². The number of imidazole rings is 1. The Hall–Kier alpha value is -3.74. The summed E-state index contributed by atoms with van der Waals surface area (Å²) in [5, 5.41) is 3.46. The molecular weight excluding hydrogens is 381 g/mol. The lowest BCUT2D eigenvalue weighted by atomic mass is 9.91. The molecule has 0 amide bonds. The molecule has 5 rings (SSSR count). The smallest absolute Gasteiger partial charge is 0.162 e. The van der Waals surface area contributed by atoms with E-state index in [1.807, 2.05) is 30.3 Å². The first kappa shape index (κ1) is 18.3. The molecule has 1 unspecified atom stereocenters. The van der Waals surface area contributed by atoms with Crippen molar-refractivity contribution in [1.29, 1.82) is 0 Å². The molecule has 4 aromatic rings. The van der Waals surface area contributed by atoms with Gasteiger partial charge in [-0.1, -0.05) is 37.3 Å². The molecule has 1 aliphatic heterocycles. The summed E-state index contributed by atoms with van der Waals surface area (Å²) in [6, 6.07) is 14.4. The Kier molecular flexibility index (Phi) is 4.63. The van der Waals surface area contributed by atoms with Crippen molar-refractivity contribution in [3.8, 4) is 5.75 Å². The summed E-state index contributed by atoms with van der Waals surface area (Å²) in [5.41, 5.74) is 4.18. The molecule has 0 fully saturated rings. The monoisotopic (exact) mass is 401 g/mol. The highest BCUT2D eigenvalue weighted by Gasteiger charge is 2.27. The fourth-order valence-electron chi connectivity index (χ4n) is 3.80. The topological polar surface area (TPSA) is 75.7 Å². The van der Waals surface area contributed by atoms with Crippen LogP contribution in [0.2, 0.25) is 0 Å². The van der Waals surface area contributed by atoms with Gasteiger partial charge in [-0.15, -0.1) is 0 Å². The first-order valence-electron chi connectivity index (χ1n) is 9.88. The third kappa shape index (κ3) is 3.28. The van der Waals surface area contributed by atoms with Crippen molar-refractivity contribution < 1.29 is 9.13 Å². The maximum absolute atomic E-state index is 14.0. The van der Waals surface area contributed by atoms with Crippen LogP contribution in [0, 0.1) is 5.82 Å². The number of hydrogen-bond acceptors (Lipinski definition) is 5. The summed E-state index contributed by atoms with van der Waals surface area (Å²) in [7, 11) is 0. The van der Waals surface area contributed by atoms with E-state index >= 15 is 0 Å². The van der Waals surface area contributed by atoms with Crippen LogP contribution >= 0.6 is 0 Å². The molecule has 7 heteroatoms. The molecule has 2 aromatic heterocycles. The van der Waals surface area contributed by atoms with Crippen LogP contribution in [0.25, 0.3) is 16.7 Å². The van der Waals surface area contributed by atoms with Crippen LogP contribution in [0.3, 0.4) is 0 Å². The fourth-order valence-corrected chi connectivity index (χ4v) is 3.80. The van der Waals surface area contributed by atoms with Gasteiger partial charge in [-0.2, -0.15) is 0 Å². The predicted octanol–water partition coefficient (Wildman–Crippen LogP) is 4.73. The summed E-state index contributed by atoms with van der Waals surface area (Å²) in [6.07, 6.45) is 4.49. The number of allylic oxidation sites excluding steroid dienone is 1. The lowest BCUT2D eigenvalue weighted by Gasteiger charge is -2.29. The number of aromatic nitrogens is 4. The van der Waals surface area contributed by atoms with Gasteiger partial charge in [0, 0.05) is 12.0 Å². The Morgan fingerprint density at radius 3 is 2.90 bits per heavy atom. The zero-order chi connectivity index (χ0) is 20.5. The fraction of sp³-hybridized carbons (Fsp3) is 0.174. The van der Waals surface area contributed by atoms with E-state index in [4.69, 9.17) is 4.74 Å². The largest absolute Gasteiger partial charge is 0.459 e. The molecule has 0 radical (unpaired) electrons. The van der Waals surface area contributed by atoms with Gasteiger partial charge in [-0.3, -0.25) is 0 Å². The molecule has 0 saturated heterocycles. The predicted molar refractivity (Wildman–Crippen MR) is 113 cm³/mol. The Morgan fingerprint density at radius 2 is 2.03 bits per heavy atom. The zero-order valence-corrected chi connectivity index (χ0v) is 16.4. The van der Waals surface area contributed by atoms with E-state index in [1.165, 1.54) is 12.4 Å². The van der Waals surface area contributed by atoms with Crippen LogP contribution < -0.4 is 10.1 Å². The number of nitrogens with one attached hydrogen (secondary N) is 2. The van der Waals surface area contributed by atoms with Gasteiger partial charge in [0.15, 0.2) is 11.5 Å². The van der Waals surface area contributed by atoms with Gasteiger partial charge in [-0.05, 0) is 35.7 Å². The van der Waals surface area contributed by atoms with E-state index in [1.54, 1.807) is 18.5 Å². The van der Waals surface area contributed by atoms with Crippen molar-refractivity contribution in [2.24, 2.45) is 0 Å². The molecule has 0 bridgehead atoms. The maximum atomic E-state index is 14.0. The highest BCUT2D eigenvalue weighted by molar-refractivity contribution is 5.83. The molecule has 1 atom stereocenters. The average Bonchev–Trinajstić information content (AvgIpc) is 3.26. The molecule has 150 valence electrons. The van der Waals surface area contributed by atoms with E-state index in [0.717, 1.165) is 34.6 Å². The van der Waals surface area contributed by atoms with Crippen molar-refractivity contribution in [1.82, 2.24) is 19.9 Å². The van der Waals surface area contributed by atoms with Crippen LogP contribution in [0.15, 0.2) is 66.9 Å². The number of H-pyrrole nitrogens is 1. The number of halogens is 1. The number of benzene rings is 2. The first-order chi connectivity index (χ1) is 14.7. The maximum Gasteiger partial charge on any atom is 0.162 e. The van der Waals surface area contributed by atoms with Crippen molar-refractivity contribution in [3.05, 3.63) is 83.9 Å². The molecular formula is C23H20FN5O. The van der Waals surface area contributed by atoms with E-state index in [0.29, 0.717) is 23.4 Å². The average molecular weight is 401 g/mol. The normalized spacial score (nSPS) is 14.3. The number of anilines is 1. The second kappa shape index (κ2) is 7.59. The quantitative estimate of drug-likeness (QED) is 0.506. The number of ether oxygens (including phenoxy) is 1. The van der Waals surface area contributed by atoms with Crippen molar-refractivity contribution >= 4 is 22.6 Å². The van der Waals surface area contributed by atoms with Crippen LogP contribution in [0.4, 0.5) is 10.2 Å². The molecule has 1 aliphatic rings. The van der Waals surface area contributed by atoms with Crippen LogP contribution in [0.5, 0.6) is 5.75 Å². The van der Waals surface area contributed by atoms with Crippen molar-refractivity contribution in [3.63, 3.8) is 0 Å². The highest BCUT2D eigenvalue weighted by Crippen LogP contribution is 2.37. The molecule has 0 aliphatic carbocycles. The molecule has 30 heavy (non-hydrogen) atoms. The zero-order valence-electron chi connectivity index (χ0n) is 16.4. The molecule has 2 aromatic carbocycles. The number of nitrogens with zero attached hydrogens (tertiary/aromatic N) is 3. The van der Waals surface area contributed by atoms with Gasteiger partial charge in [-0.25, -0.2) is 19.3 Å². The minimum Gasteiger partial charge on any atom is -0.459 e. The lowest BCUT2D eigenvalue weighted by molar-refractivity contribution is 0.378. The summed E-state index contributed by atoms with van der Waals surface area (Å²) in [4.78, 5) is 15.9. The second-order valence-electron chi connectivity index (χ2n) is 7.17. The van der Waals surface area contributed by atoms with Crippen molar-refractivity contribution in [2.45, 2.75) is 25.8 Å². The van der Waals surface area contributed by atoms with E-state index in [2.05, 4.69) is 32.2 Å². The highest BCUT2D eigenvalue weighted by atomic mass is 19.1. The molecule has 0 saturated carbocycles. The van der Waals surface area contributed by atoms with Crippen LogP contribution in [-0.4, -0.2) is 26.0 Å². The van der Waals surface area contributed by atoms with E-state index in [-0.39, 0.29) is 11.9 Å². The molecule has 3 heterocycles. The first-order valence-corrected chi connectivity index (χ1v) is 9.88. The lowest BCUT2D eigenvalue weighted by Crippen LogP contribution is -2.28. The Bertz CT molecular complexity index is 1250. The number of rotatable bonds is 5. The van der Waals surface area contributed by atoms with Gasteiger partial charge in [0.25, 0.3) is 0 Å². The Balaban J connectivity index is 1.60. The minimum absolute atomic E-state index is 0.175. The van der Waals surface area contributed by atoms with Gasteiger partial charge in [0.1, 0.15) is 29.2 Å². The van der Waals surface area contributed by atoms with Crippen molar-refractivity contribution in [2.75, 3.05) is 5.32 Å². The van der Waals surface area contributed by atoms with E-state index in [9.17, 15) is 4.39 Å². The minimum atomic E-state index is -0.270. The second-order valence-corrected chi connectivity index (χ2v) is 7.17. The number of fused-ring (bicyclic) bond motifs is 2. The summed E-state index contributed by atoms with van der Waals surface area (Å²) < 4.78 is 20.4. The summed E-state index contributed by atoms with van der Waals surface area (Å²) >= 11 is 0. The molecule has 6 nitrogen and oxygen atoms in total. The third-order valence-corrected chi connectivity index (χ3v) is 5.28. The molecule has 0 spiro atoms. The SMILES string of the molecule is CCC(Nc1ncnc2[nH]cnc12)C1=C(c2cccc(F)c2)Cc2ccccc2O1. The van der Waals surface area contributed by atoms with Crippen LogP contribution in [0.1, 0.15) is 24.5 Å². The summed E-state index contributed by atoms with van der Waals surface area (Å²) in [5.74, 6) is 1.94. The molecule has 2 N–H and O–H groups in total. The van der Waals surface area contributed by atoms with Gasteiger partial charge >= 0.3 is 0 Å². The number of hydrogen-bond donors (Lipinski definition) is 2. The van der Waals surface area contributed by atoms with Gasteiger partial charge < -0.3 is 15.0 Å². The number of para-hydroxylation sites is 1. The van der Waals surface area contributed by atoms with Gasteiger partial charge in [0.05, 0.1) is 12.4 Å². The number of aromatic amines is 1. The van der Waals surface area contributed by atoms with Gasteiger partial charge in [0.2, 0.25) is 0 Å². The third-order valence-electron chi connectivity index (χ3n) is 5.28. The standard InChI is InChI=1S/C23H20FN5O/c1-2-18(29-23-20-22(26-12-25-20)27-13-28-23)21-17(14-7-5-8-16(24)10-14)11-15-6-3-4-9-19(15)30-21/h3-10,12-13,18H,2,11H2,1H3,(H2,25,26,27,28,29). The summed E-state index contributed by atoms with van der Waals surface area (Å²) in [6.45, 7) is 2.07. The Morgan fingerprint density at radius 1 is 1.13 bits per heavy atom.